The fourth-order valence-electron chi connectivity index (χ4n) is 1.77. The number of likely N-dealkylation sites (N-methyl/N-ethyl adjacent to an activating group) is 1. The van der Waals surface area contributed by atoms with Crippen LogP contribution in [0.2, 0.25) is 0 Å². The summed E-state index contributed by atoms with van der Waals surface area (Å²) in [6.07, 6.45) is 0. The number of benzene rings is 1. The van der Waals surface area contributed by atoms with E-state index in [1.165, 1.54) is 13.0 Å². The summed E-state index contributed by atoms with van der Waals surface area (Å²) in [5, 5.41) is 0. The van der Waals surface area contributed by atoms with Crippen molar-refractivity contribution < 1.29 is 17.5 Å². The number of halogens is 1. The molecule has 8 heteroatoms. The highest BCUT2D eigenvalue weighted by atomic mass is 32.2. The summed E-state index contributed by atoms with van der Waals surface area (Å²) in [4.78, 5) is 1.49. The van der Waals surface area contributed by atoms with Crippen LogP contribution in [0.15, 0.2) is 17.0 Å². The van der Waals surface area contributed by atoms with Crippen molar-refractivity contribution in [2.45, 2.75) is 11.8 Å². The molecular formula is C13H22FN3O3S. The fraction of sp³-hybridized carbons (Fsp3) is 0.538. The summed E-state index contributed by atoms with van der Waals surface area (Å²) in [5.74, 6) is -0.774. The molecule has 0 aliphatic rings. The van der Waals surface area contributed by atoms with Gasteiger partial charge in [-0.15, -0.1) is 0 Å². The van der Waals surface area contributed by atoms with Gasteiger partial charge in [-0.1, -0.05) is 0 Å². The number of hydrogen-bond acceptors (Lipinski definition) is 5. The van der Waals surface area contributed by atoms with Crippen molar-refractivity contribution >= 4 is 15.7 Å². The van der Waals surface area contributed by atoms with E-state index >= 15 is 0 Å². The first-order chi connectivity index (χ1) is 9.77. The first-order valence-corrected chi connectivity index (χ1v) is 7.99. The number of methoxy groups -OCH3 is 1. The molecule has 0 unspecified atom stereocenters. The Hall–Kier alpha value is -1.22. The SMILES string of the molecule is COCCN(C)CCNS(=O)(=O)c1cc(N)cc(C)c1F. The molecule has 0 spiro atoms. The first kappa shape index (κ1) is 17.8. The predicted molar refractivity (Wildman–Crippen MR) is 80.1 cm³/mol. The van der Waals surface area contributed by atoms with E-state index in [0.29, 0.717) is 19.7 Å². The van der Waals surface area contributed by atoms with Crippen molar-refractivity contribution in [3.8, 4) is 0 Å². The third-order valence-corrected chi connectivity index (χ3v) is 4.46. The second kappa shape index (κ2) is 7.69. The predicted octanol–water partition coefficient (Wildman–Crippen LogP) is 0.573. The molecule has 1 aromatic rings. The van der Waals surface area contributed by atoms with Crippen LogP contribution in [0.3, 0.4) is 0 Å². The lowest BCUT2D eigenvalue weighted by atomic mass is 10.2. The number of rotatable bonds is 8. The van der Waals surface area contributed by atoms with Crippen LogP contribution >= 0.6 is 0 Å². The lowest BCUT2D eigenvalue weighted by molar-refractivity contribution is 0.162. The summed E-state index contributed by atoms with van der Waals surface area (Å²) < 4.78 is 45.4. The van der Waals surface area contributed by atoms with E-state index in [1.807, 2.05) is 11.9 Å². The minimum absolute atomic E-state index is 0.176. The summed E-state index contributed by atoms with van der Waals surface area (Å²) in [5.41, 5.74) is 5.99. The van der Waals surface area contributed by atoms with Gasteiger partial charge in [-0.2, -0.15) is 0 Å². The Kier molecular flexibility index (Phi) is 6.53. The quantitative estimate of drug-likeness (QED) is 0.685. The molecule has 0 aliphatic carbocycles. The molecule has 6 nitrogen and oxygen atoms in total. The highest BCUT2D eigenvalue weighted by Gasteiger charge is 2.20. The Labute approximate surface area is 125 Å². The van der Waals surface area contributed by atoms with Crippen LogP contribution in [0.1, 0.15) is 5.56 Å². The minimum atomic E-state index is -3.92. The molecule has 1 rings (SSSR count). The second-order valence-corrected chi connectivity index (χ2v) is 6.58. The van der Waals surface area contributed by atoms with Crippen molar-refractivity contribution in [1.29, 1.82) is 0 Å². The Morgan fingerprint density at radius 1 is 1.38 bits per heavy atom. The van der Waals surface area contributed by atoms with E-state index in [1.54, 1.807) is 7.11 Å². The topological polar surface area (TPSA) is 84.7 Å². The van der Waals surface area contributed by atoms with Gasteiger partial charge in [0.2, 0.25) is 10.0 Å². The fourth-order valence-corrected chi connectivity index (χ4v) is 2.97. The van der Waals surface area contributed by atoms with Crippen molar-refractivity contribution in [2.24, 2.45) is 0 Å². The number of nitrogen functional groups attached to an aromatic ring is 1. The average Bonchev–Trinajstić information content (AvgIpc) is 2.40. The summed E-state index contributed by atoms with van der Waals surface area (Å²) in [6, 6.07) is 2.52. The lowest BCUT2D eigenvalue weighted by Gasteiger charge is -2.16. The first-order valence-electron chi connectivity index (χ1n) is 6.50. The largest absolute Gasteiger partial charge is 0.399 e. The molecule has 0 radical (unpaired) electrons. The van der Waals surface area contributed by atoms with Crippen LogP contribution in [0.4, 0.5) is 10.1 Å². The molecule has 0 bridgehead atoms. The second-order valence-electron chi connectivity index (χ2n) is 4.84. The zero-order valence-electron chi connectivity index (χ0n) is 12.5. The molecule has 1 aromatic carbocycles. The minimum Gasteiger partial charge on any atom is -0.399 e. The maximum absolute atomic E-state index is 13.9. The molecule has 0 saturated carbocycles. The van der Waals surface area contributed by atoms with Crippen LogP contribution in [0.5, 0.6) is 0 Å². The average molecular weight is 319 g/mol. The van der Waals surface area contributed by atoms with Crippen LogP contribution in [-0.4, -0.2) is 53.7 Å². The van der Waals surface area contributed by atoms with E-state index in [0.717, 1.165) is 6.07 Å². The van der Waals surface area contributed by atoms with Gasteiger partial charge in [0.15, 0.2) is 0 Å². The van der Waals surface area contributed by atoms with Crippen LogP contribution < -0.4 is 10.5 Å². The summed E-state index contributed by atoms with van der Waals surface area (Å²) in [7, 11) is -0.471. The molecule has 0 aromatic heterocycles. The molecule has 0 fully saturated rings. The molecule has 0 saturated heterocycles. The number of nitrogens with zero attached hydrogens (tertiary/aromatic N) is 1. The molecule has 0 aliphatic heterocycles. The van der Waals surface area contributed by atoms with Gasteiger partial charge in [0, 0.05) is 32.4 Å². The van der Waals surface area contributed by atoms with Gasteiger partial charge in [-0.25, -0.2) is 17.5 Å². The van der Waals surface area contributed by atoms with Crippen molar-refractivity contribution in [2.75, 3.05) is 46.1 Å². The Balaban J connectivity index is 2.70. The molecule has 0 amide bonds. The Morgan fingerprint density at radius 3 is 2.67 bits per heavy atom. The molecular weight excluding hydrogens is 297 g/mol. The number of anilines is 1. The van der Waals surface area contributed by atoms with E-state index in [2.05, 4.69) is 4.72 Å². The third kappa shape index (κ3) is 5.24. The molecule has 21 heavy (non-hydrogen) atoms. The van der Waals surface area contributed by atoms with E-state index in [9.17, 15) is 12.8 Å². The third-order valence-electron chi connectivity index (χ3n) is 3.00. The molecule has 0 atom stereocenters. The Morgan fingerprint density at radius 2 is 2.05 bits per heavy atom. The number of aryl methyl sites for hydroxylation is 1. The van der Waals surface area contributed by atoms with E-state index in [-0.39, 0.29) is 17.8 Å². The van der Waals surface area contributed by atoms with Gasteiger partial charge >= 0.3 is 0 Å². The van der Waals surface area contributed by atoms with E-state index in [4.69, 9.17) is 10.5 Å². The maximum atomic E-state index is 13.9. The van der Waals surface area contributed by atoms with Crippen LogP contribution in [-0.2, 0) is 14.8 Å². The van der Waals surface area contributed by atoms with Gasteiger partial charge in [0.05, 0.1) is 6.61 Å². The van der Waals surface area contributed by atoms with Gasteiger partial charge in [-0.3, -0.25) is 0 Å². The lowest BCUT2D eigenvalue weighted by Crippen LogP contribution is -2.34. The van der Waals surface area contributed by atoms with Crippen molar-refractivity contribution in [3.05, 3.63) is 23.5 Å². The van der Waals surface area contributed by atoms with Crippen molar-refractivity contribution in [1.82, 2.24) is 9.62 Å². The number of nitrogens with two attached hydrogens (primary N) is 1. The zero-order valence-corrected chi connectivity index (χ0v) is 13.3. The maximum Gasteiger partial charge on any atom is 0.243 e. The number of nitrogens with one attached hydrogen (secondary N) is 1. The van der Waals surface area contributed by atoms with Gasteiger partial charge in [0.1, 0.15) is 10.7 Å². The summed E-state index contributed by atoms with van der Waals surface area (Å²) >= 11 is 0. The molecule has 3 N–H and O–H groups in total. The number of ether oxygens (including phenoxy) is 1. The number of sulfonamides is 1. The van der Waals surface area contributed by atoms with Gasteiger partial charge in [0.25, 0.3) is 0 Å². The van der Waals surface area contributed by atoms with Crippen LogP contribution in [0.25, 0.3) is 0 Å². The monoisotopic (exact) mass is 319 g/mol. The van der Waals surface area contributed by atoms with E-state index < -0.39 is 20.7 Å². The van der Waals surface area contributed by atoms with Crippen LogP contribution in [0, 0.1) is 12.7 Å². The summed E-state index contributed by atoms with van der Waals surface area (Å²) in [6.45, 7) is 3.39. The normalized spacial score (nSPS) is 12.0. The standard InChI is InChI=1S/C13H22FN3O3S/c1-10-8-11(15)9-12(13(10)14)21(18,19)16-4-5-17(2)6-7-20-3/h8-9,16H,4-7,15H2,1-3H3. The number of hydrogen-bond donors (Lipinski definition) is 2. The zero-order chi connectivity index (χ0) is 16.0. The molecule has 120 valence electrons. The Bertz CT molecular complexity index is 578. The highest BCUT2D eigenvalue weighted by Crippen LogP contribution is 2.21. The smallest absolute Gasteiger partial charge is 0.243 e. The molecule has 0 heterocycles. The van der Waals surface area contributed by atoms with Crippen molar-refractivity contribution in [3.63, 3.8) is 0 Å². The van der Waals surface area contributed by atoms with Gasteiger partial charge in [-0.05, 0) is 31.7 Å². The highest BCUT2D eigenvalue weighted by molar-refractivity contribution is 7.89. The van der Waals surface area contributed by atoms with Gasteiger partial charge < -0.3 is 15.4 Å².